The van der Waals surface area contributed by atoms with Gasteiger partial charge in [0.05, 0.1) is 17.7 Å². The lowest BCUT2D eigenvalue weighted by Crippen LogP contribution is -2.25. The first kappa shape index (κ1) is 15.8. The Labute approximate surface area is 138 Å². The number of carbonyl (C=O) groups excluding carboxylic acids is 1. The van der Waals surface area contributed by atoms with Gasteiger partial charge in [0.25, 0.3) is 10.0 Å². The molecule has 1 aliphatic rings. The molecule has 23 heavy (non-hydrogen) atoms. The van der Waals surface area contributed by atoms with Crippen molar-refractivity contribution in [2.45, 2.75) is 17.9 Å². The number of sulfonamides is 1. The van der Waals surface area contributed by atoms with Crippen LogP contribution in [0.2, 0.25) is 5.15 Å². The van der Waals surface area contributed by atoms with Crippen LogP contribution in [0, 0.1) is 0 Å². The summed E-state index contributed by atoms with van der Waals surface area (Å²) in [7, 11) is -2.34. The second-order valence-electron chi connectivity index (χ2n) is 5.22. The van der Waals surface area contributed by atoms with Gasteiger partial charge in [0, 0.05) is 20.0 Å². The standard InChI is InChI=1S/C14H15ClN4O3S/c1-18-9-16-14(13(18)15)23(21,22)17-10-5-2-3-6-11(10)19-8-4-7-12(19)20/h2-3,5-6,9,17H,4,7-8H2,1H3. The minimum atomic E-state index is -3.94. The van der Waals surface area contributed by atoms with Gasteiger partial charge in [-0.15, -0.1) is 0 Å². The molecule has 1 aromatic carbocycles. The van der Waals surface area contributed by atoms with Gasteiger partial charge in [-0.1, -0.05) is 23.7 Å². The number of imidazole rings is 1. The quantitative estimate of drug-likeness (QED) is 0.910. The number of halogens is 1. The summed E-state index contributed by atoms with van der Waals surface area (Å²) < 4.78 is 28.9. The van der Waals surface area contributed by atoms with Crippen molar-refractivity contribution in [1.82, 2.24) is 9.55 Å². The Morgan fingerprint density at radius 2 is 2.04 bits per heavy atom. The SMILES string of the molecule is Cn1cnc(S(=O)(=O)Nc2ccccc2N2CCCC2=O)c1Cl. The van der Waals surface area contributed by atoms with Crippen molar-refractivity contribution in [2.24, 2.45) is 7.05 Å². The molecule has 0 bridgehead atoms. The zero-order chi connectivity index (χ0) is 16.6. The highest BCUT2D eigenvalue weighted by atomic mass is 35.5. The zero-order valence-electron chi connectivity index (χ0n) is 12.4. The van der Waals surface area contributed by atoms with Gasteiger partial charge in [0.2, 0.25) is 10.9 Å². The van der Waals surface area contributed by atoms with E-state index in [1.165, 1.54) is 10.9 Å². The predicted molar refractivity (Wildman–Crippen MR) is 87.1 cm³/mol. The molecule has 1 fully saturated rings. The number of amides is 1. The van der Waals surface area contributed by atoms with Crippen LogP contribution in [0.25, 0.3) is 0 Å². The Balaban J connectivity index is 1.97. The van der Waals surface area contributed by atoms with Gasteiger partial charge in [-0.3, -0.25) is 9.52 Å². The maximum absolute atomic E-state index is 12.5. The molecule has 0 saturated carbocycles. The van der Waals surface area contributed by atoms with Gasteiger partial charge in [-0.05, 0) is 18.6 Å². The van der Waals surface area contributed by atoms with Crippen LogP contribution >= 0.6 is 11.6 Å². The van der Waals surface area contributed by atoms with Crippen molar-refractivity contribution >= 4 is 38.9 Å². The number of rotatable bonds is 4. The number of anilines is 2. The van der Waals surface area contributed by atoms with Crippen molar-refractivity contribution in [2.75, 3.05) is 16.2 Å². The third kappa shape index (κ3) is 2.91. The number of para-hydroxylation sites is 2. The average molecular weight is 355 g/mol. The van der Waals surface area contributed by atoms with E-state index >= 15 is 0 Å². The number of hydrogen-bond acceptors (Lipinski definition) is 4. The second-order valence-corrected chi connectivity index (χ2v) is 7.18. The summed E-state index contributed by atoms with van der Waals surface area (Å²) in [4.78, 5) is 17.3. The molecule has 7 nitrogen and oxygen atoms in total. The third-order valence-electron chi connectivity index (χ3n) is 3.60. The van der Waals surface area contributed by atoms with E-state index < -0.39 is 10.0 Å². The summed E-state index contributed by atoms with van der Waals surface area (Å²) >= 11 is 5.97. The topological polar surface area (TPSA) is 84.3 Å². The Bertz CT molecular complexity index is 863. The largest absolute Gasteiger partial charge is 0.324 e. The Kier molecular flexibility index (Phi) is 4.03. The highest BCUT2D eigenvalue weighted by Crippen LogP contribution is 2.31. The van der Waals surface area contributed by atoms with Gasteiger partial charge in [-0.2, -0.15) is 8.42 Å². The molecule has 2 heterocycles. The average Bonchev–Trinajstić information content (AvgIpc) is 3.06. The van der Waals surface area contributed by atoms with Crippen LogP contribution in [0.3, 0.4) is 0 Å². The Hall–Kier alpha value is -2.06. The molecule has 9 heteroatoms. The molecule has 1 N–H and O–H groups in total. The molecule has 0 spiro atoms. The molecule has 1 saturated heterocycles. The first-order valence-corrected chi connectivity index (χ1v) is 8.85. The molecule has 1 aliphatic heterocycles. The summed E-state index contributed by atoms with van der Waals surface area (Å²) in [6.07, 6.45) is 2.55. The molecule has 122 valence electrons. The first-order chi connectivity index (χ1) is 10.9. The second kappa shape index (κ2) is 5.86. The van der Waals surface area contributed by atoms with E-state index in [4.69, 9.17) is 11.6 Å². The van der Waals surface area contributed by atoms with Gasteiger partial charge in [0.1, 0.15) is 5.15 Å². The summed E-state index contributed by atoms with van der Waals surface area (Å²) in [6.45, 7) is 0.571. The van der Waals surface area contributed by atoms with Crippen LogP contribution in [0.5, 0.6) is 0 Å². The molecule has 0 radical (unpaired) electrons. The lowest BCUT2D eigenvalue weighted by molar-refractivity contribution is -0.117. The van der Waals surface area contributed by atoms with E-state index in [1.807, 2.05) is 0 Å². The van der Waals surface area contributed by atoms with Crippen molar-refractivity contribution in [3.63, 3.8) is 0 Å². The monoisotopic (exact) mass is 354 g/mol. The summed E-state index contributed by atoms with van der Waals surface area (Å²) in [5.74, 6) is -0.0208. The van der Waals surface area contributed by atoms with E-state index in [9.17, 15) is 13.2 Å². The van der Waals surface area contributed by atoms with Gasteiger partial charge >= 0.3 is 0 Å². The van der Waals surface area contributed by atoms with Crippen LogP contribution in [0.1, 0.15) is 12.8 Å². The maximum Gasteiger partial charge on any atom is 0.282 e. The molecule has 0 unspecified atom stereocenters. The van der Waals surface area contributed by atoms with Crippen molar-refractivity contribution in [1.29, 1.82) is 0 Å². The van der Waals surface area contributed by atoms with Crippen LogP contribution in [0.15, 0.2) is 35.6 Å². The minimum absolute atomic E-state index is 0.0206. The number of aryl methyl sites for hydroxylation is 1. The fraction of sp³-hybridized carbons (Fsp3) is 0.286. The Morgan fingerprint density at radius 3 is 2.65 bits per heavy atom. The summed E-state index contributed by atoms with van der Waals surface area (Å²) in [5, 5.41) is -0.226. The fourth-order valence-electron chi connectivity index (χ4n) is 2.47. The molecule has 1 amide bonds. The minimum Gasteiger partial charge on any atom is -0.324 e. The molecule has 1 aromatic heterocycles. The fourth-order valence-corrected chi connectivity index (χ4v) is 3.97. The number of hydrogen-bond donors (Lipinski definition) is 1. The lowest BCUT2D eigenvalue weighted by atomic mass is 10.2. The zero-order valence-corrected chi connectivity index (χ0v) is 13.9. The number of nitrogens with one attached hydrogen (secondary N) is 1. The Morgan fingerprint density at radius 1 is 1.30 bits per heavy atom. The van der Waals surface area contributed by atoms with Gasteiger partial charge in [-0.25, -0.2) is 4.98 Å². The van der Waals surface area contributed by atoms with Crippen molar-refractivity contribution in [3.8, 4) is 0 Å². The molecule has 0 atom stereocenters. The molecule has 3 rings (SSSR count). The number of carbonyl (C=O) groups is 1. The van der Waals surface area contributed by atoms with Gasteiger partial charge in [0.15, 0.2) is 0 Å². The van der Waals surface area contributed by atoms with Gasteiger partial charge < -0.3 is 9.47 Å². The molecule has 0 aliphatic carbocycles. The van der Waals surface area contributed by atoms with Crippen molar-refractivity contribution in [3.05, 3.63) is 35.7 Å². The first-order valence-electron chi connectivity index (χ1n) is 6.99. The highest BCUT2D eigenvalue weighted by Gasteiger charge is 2.27. The summed E-state index contributed by atoms with van der Waals surface area (Å²) in [6, 6.07) is 6.77. The molecule has 2 aromatic rings. The number of benzene rings is 1. The number of nitrogens with zero attached hydrogens (tertiary/aromatic N) is 3. The van der Waals surface area contributed by atoms with Crippen LogP contribution in [0.4, 0.5) is 11.4 Å². The van der Waals surface area contributed by atoms with Crippen LogP contribution in [-0.2, 0) is 21.9 Å². The van der Waals surface area contributed by atoms with E-state index in [1.54, 1.807) is 36.2 Å². The van der Waals surface area contributed by atoms with Crippen LogP contribution in [-0.4, -0.2) is 30.4 Å². The predicted octanol–water partition coefficient (Wildman–Crippen LogP) is 2.00. The normalized spacial score (nSPS) is 15.2. The highest BCUT2D eigenvalue weighted by molar-refractivity contribution is 7.92. The maximum atomic E-state index is 12.5. The molecular formula is C14H15ClN4O3S. The van der Waals surface area contributed by atoms with E-state index in [0.717, 1.165) is 6.42 Å². The number of aromatic nitrogens is 2. The van der Waals surface area contributed by atoms with E-state index in [2.05, 4.69) is 9.71 Å². The molecular weight excluding hydrogens is 340 g/mol. The summed E-state index contributed by atoms with van der Waals surface area (Å²) in [5.41, 5.74) is 0.857. The van der Waals surface area contributed by atoms with E-state index in [-0.39, 0.29) is 16.1 Å². The smallest absolute Gasteiger partial charge is 0.282 e. The lowest BCUT2D eigenvalue weighted by Gasteiger charge is -2.20. The van der Waals surface area contributed by atoms with Crippen LogP contribution < -0.4 is 9.62 Å². The van der Waals surface area contributed by atoms with Crippen molar-refractivity contribution < 1.29 is 13.2 Å². The third-order valence-corrected chi connectivity index (χ3v) is 5.46. The van der Waals surface area contributed by atoms with E-state index in [0.29, 0.717) is 24.3 Å².